The highest BCUT2D eigenvalue weighted by Crippen LogP contribution is 2.18. The molecule has 0 fully saturated rings. The molecule has 0 spiro atoms. The van der Waals surface area contributed by atoms with Gasteiger partial charge in [0.15, 0.2) is 0 Å². The van der Waals surface area contributed by atoms with E-state index in [0.29, 0.717) is 25.3 Å². The van der Waals surface area contributed by atoms with Crippen molar-refractivity contribution < 1.29 is 9.13 Å². The number of benzene rings is 1. The van der Waals surface area contributed by atoms with E-state index in [-0.39, 0.29) is 11.9 Å². The lowest BCUT2D eigenvalue weighted by atomic mass is 10.0. The van der Waals surface area contributed by atoms with Crippen molar-refractivity contribution in [2.24, 2.45) is 5.73 Å². The van der Waals surface area contributed by atoms with Crippen molar-refractivity contribution in [3.05, 3.63) is 48.3 Å². The number of nitrogens with two attached hydrogens (primary N) is 1. The molecule has 0 amide bonds. The number of nitrogens with zero attached hydrogens (tertiary/aromatic N) is 2. The second-order valence-electron chi connectivity index (χ2n) is 4.82. The fourth-order valence-electron chi connectivity index (χ4n) is 1.96. The second kappa shape index (κ2) is 7.05. The van der Waals surface area contributed by atoms with Gasteiger partial charge < -0.3 is 15.0 Å². The Kier molecular flexibility index (Phi) is 5.12. The number of hydrogen-bond donors (Lipinski definition) is 1. The van der Waals surface area contributed by atoms with Crippen LogP contribution in [-0.4, -0.2) is 22.2 Å². The minimum Gasteiger partial charge on any atom is -0.492 e. The van der Waals surface area contributed by atoms with Gasteiger partial charge in [-0.25, -0.2) is 9.37 Å². The van der Waals surface area contributed by atoms with Gasteiger partial charge in [0, 0.05) is 24.5 Å². The summed E-state index contributed by atoms with van der Waals surface area (Å²) in [5, 5.41) is 0. The standard InChI is InChI=1S/C15H20FN3O/c1-2-14(17)8-12-7-13(16)10-15(9-12)20-6-5-19-4-3-18-11-19/h3-4,7,9-11,14H,2,5-6,8,17H2,1H3. The van der Waals surface area contributed by atoms with Crippen LogP contribution in [0.1, 0.15) is 18.9 Å². The molecule has 1 atom stereocenters. The van der Waals surface area contributed by atoms with Crippen LogP contribution in [0, 0.1) is 5.82 Å². The molecule has 0 aliphatic heterocycles. The quantitative estimate of drug-likeness (QED) is 0.845. The Labute approximate surface area is 118 Å². The molecule has 0 aliphatic rings. The number of halogens is 1. The Hall–Kier alpha value is -1.88. The molecule has 0 aliphatic carbocycles. The maximum atomic E-state index is 13.5. The smallest absolute Gasteiger partial charge is 0.127 e. The van der Waals surface area contributed by atoms with Crippen LogP contribution >= 0.6 is 0 Å². The highest BCUT2D eigenvalue weighted by molar-refractivity contribution is 5.30. The number of imidazole rings is 1. The Morgan fingerprint density at radius 3 is 2.95 bits per heavy atom. The SMILES string of the molecule is CCC(N)Cc1cc(F)cc(OCCn2ccnc2)c1. The summed E-state index contributed by atoms with van der Waals surface area (Å²) in [5.41, 5.74) is 6.77. The maximum Gasteiger partial charge on any atom is 0.127 e. The molecule has 1 heterocycles. The molecule has 1 aromatic carbocycles. The monoisotopic (exact) mass is 277 g/mol. The zero-order valence-electron chi connectivity index (χ0n) is 11.6. The molecular formula is C15H20FN3O. The van der Waals surface area contributed by atoms with E-state index in [1.165, 1.54) is 12.1 Å². The molecule has 4 nitrogen and oxygen atoms in total. The third-order valence-electron chi connectivity index (χ3n) is 3.13. The van der Waals surface area contributed by atoms with Crippen LogP contribution in [0.4, 0.5) is 4.39 Å². The molecule has 0 bridgehead atoms. The number of rotatable bonds is 7. The molecule has 2 rings (SSSR count). The second-order valence-corrected chi connectivity index (χ2v) is 4.82. The summed E-state index contributed by atoms with van der Waals surface area (Å²) < 4.78 is 21.0. The predicted molar refractivity (Wildman–Crippen MR) is 76.1 cm³/mol. The molecule has 1 unspecified atom stereocenters. The summed E-state index contributed by atoms with van der Waals surface area (Å²) in [7, 11) is 0. The van der Waals surface area contributed by atoms with Gasteiger partial charge in [0.1, 0.15) is 18.2 Å². The van der Waals surface area contributed by atoms with E-state index >= 15 is 0 Å². The molecular weight excluding hydrogens is 257 g/mol. The summed E-state index contributed by atoms with van der Waals surface area (Å²) in [6.45, 7) is 3.17. The summed E-state index contributed by atoms with van der Waals surface area (Å²) >= 11 is 0. The van der Waals surface area contributed by atoms with Gasteiger partial charge in [-0.15, -0.1) is 0 Å². The number of aromatic nitrogens is 2. The highest BCUT2D eigenvalue weighted by Gasteiger charge is 2.06. The summed E-state index contributed by atoms with van der Waals surface area (Å²) in [4.78, 5) is 3.95. The van der Waals surface area contributed by atoms with E-state index < -0.39 is 0 Å². The molecule has 0 saturated carbocycles. The van der Waals surface area contributed by atoms with E-state index in [9.17, 15) is 4.39 Å². The van der Waals surface area contributed by atoms with Crippen LogP contribution in [-0.2, 0) is 13.0 Å². The van der Waals surface area contributed by atoms with Crippen LogP contribution in [0.2, 0.25) is 0 Å². The van der Waals surface area contributed by atoms with Gasteiger partial charge in [0.25, 0.3) is 0 Å². The van der Waals surface area contributed by atoms with Gasteiger partial charge in [-0.05, 0) is 30.5 Å². The summed E-state index contributed by atoms with van der Waals surface area (Å²) in [5.74, 6) is 0.256. The van der Waals surface area contributed by atoms with Crippen LogP contribution in [0.25, 0.3) is 0 Å². The largest absolute Gasteiger partial charge is 0.492 e. The van der Waals surface area contributed by atoms with E-state index in [2.05, 4.69) is 4.98 Å². The lowest BCUT2D eigenvalue weighted by molar-refractivity contribution is 0.296. The van der Waals surface area contributed by atoms with Gasteiger partial charge in [-0.3, -0.25) is 0 Å². The van der Waals surface area contributed by atoms with E-state index in [1.807, 2.05) is 23.8 Å². The van der Waals surface area contributed by atoms with Crippen molar-refractivity contribution in [2.75, 3.05) is 6.61 Å². The third kappa shape index (κ3) is 4.35. The van der Waals surface area contributed by atoms with Gasteiger partial charge in [-0.2, -0.15) is 0 Å². The topological polar surface area (TPSA) is 53.1 Å². The predicted octanol–water partition coefficient (Wildman–Crippen LogP) is 2.38. The minimum atomic E-state index is -0.288. The van der Waals surface area contributed by atoms with Crippen LogP contribution < -0.4 is 10.5 Å². The van der Waals surface area contributed by atoms with Gasteiger partial charge in [-0.1, -0.05) is 6.92 Å². The van der Waals surface area contributed by atoms with Gasteiger partial charge in [0.2, 0.25) is 0 Å². The Morgan fingerprint density at radius 1 is 1.40 bits per heavy atom. The van der Waals surface area contributed by atoms with Crippen molar-refractivity contribution >= 4 is 0 Å². The van der Waals surface area contributed by atoms with E-state index in [4.69, 9.17) is 10.5 Å². The van der Waals surface area contributed by atoms with E-state index in [1.54, 1.807) is 12.5 Å². The van der Waals surface area contributed by atoms with Gasteiger partial charge >= 0.3 is 0 Å². The first-order chi connectivity index (χ1) is 9.67. The lowest BCUT2D eigenvalue weighted by Gasteiger charge is -2.12. The molecule has 2 aromatic rings. The third-order valence-corrected chi connectivity index (χ3v) is 3.13. The molecule has 108 valence electrons. The van der Waals surface area contributed by atoms with Crippen molar-refractivity contribution in [2.45, 2.75) is 32.4 Å². The van der Waals surface area contributed by atoms with Crippen LogP contribution in [0.15, 0.2) is 36.9 Å². The first-order valence-electron chi connectivity index (χ1n) is 6.81. The lowest BCUT2D eigenvalue weighted by Crippen LogP contribution is -2.21. The van der Waals surface area contributed by atoms with Crippen molar-refractivity contribution in [3.63, 3.8) is 0 Å². The Bertz CT molecular complexity index is 528. The van der Waals surface area contributed by atoms with Crippen LogP contribution in [0.3, 0.4) is 0 Å². The number of hydrogen-bond acceptors (Lipinski definition) is 3. The highest BCUT2D eigenvalue weighted by atomic mass is 19.1. The molecule has 0 saturated heterocycles. The maximum absolute atomic E-state index is 13.5. The summed E-state index contributed by atoms with van der Waals surface area (Å²) in [6, 6.07) is 4.82. The Balaban J connectivity index is 1.93. The molecule has 1 aromatic heterocycles. The fraction of sp³-hybridized carbons (Fsp3) is 0.400. The zero-order valence-corrected chi connectivity index (χ0v) is 11.6. The van der Waals surface area contributed by atoms with Crippen molar-refractivity contribution in [1.82, 2.24) is 9.55 Å². The van der Waals surface area contributed by atoms with Crippen molar-refractivity contribution in [3.8, 4) is 5.75 Å². The molecule has 0 radical (unpaired) electrons. The first kappa shape index (κ1) is 14.5. The zero-order chi connectivity index (χ0) is 14.4. The van der Waals surface area contributed by atoms with Crippen molar-refractivity contribution in [1.29, 1.82) is 0 Å². The molecule has 2 N–H and O–H groups in total. The molecule has 5 heteroatoms. The fourth-order valence-corrected chi connectivity index (χ4v) is 1.96. The normalized spacial score (nSPS) is 12.3. The molecule has 20 heavy (non-hydrogen) atoms. The summed E-state index contributed by atoms with van der Waals surface area (Å²) in [6.07, 6.45) is 6.83. The van der Waals surface area contributed by atoms with Gasteiger partial charge in [0.05, 0.1) is 12.9 Å². The Morgan fingerprint density at radius 2 is 2.25 bits per heavy atom. The first-order valence-corrected chi connectivity index (χ1v) is 6.81. The number of ether oxygens (including phenoxy) is 1. The van der Waals surface area contributed by atoms with Crippen LogP contribution in [0.5, 0.6) is 5.75 Å². The average Bonchev–Trinajstić information content (AvgIpc) is 2.91. The van der Waals surface area contributed by atoms with E-state index in [0.717, 1.165) is 12.0 Å². The average molecular weight is 277 g/mol. The minimum absolute atomic E-state index is 0.0515.